The maximum absolute atomic E-state index is 3.84. The molecule has 54 heavy (non-hydrogen) atoms. The Balaban J connectivity index is 1.08. The smallest absolute Gasteiger partial charge is 0.0541 e. The van der Waals surface area contributed by atoms with Crippen LogP contribution in [-0.2, 0) is 0 Å². The fourth-order valence-corrected chi connectivity index (χ4v) is 9.61. The van der Waals surface area contributed by atoms with E-state index in [1.807, 2.05) is 0 Å². The molecule has 1 aliphatic rings. The number of para-hydroxylation sites is 3. The highest BCUT2D eigenvalue weighted by atomic mass is 79.9. The predicted octanol–water partition coefficient (Wildman–Crippen LogP) is 14.7. The lowest BCUT2D eigenvalue weighted by atomic mass is 9.86. The molecular formula is C51H35BrN2. The average Bonchev–Trinajstić information content (AvgIpc) is 3.74. The van der Waals surface area contributed by atoms with Gasteiger partial charge in [-0.2, -0.15) is 0 Å². The van der Waals surface area contributed by atoms with Crippen molar-refractivity contribution in [3.63, 3.8) is 0 Å². The van der Waals surface area contributed by atoms with E-state index in [2.05, 4.69) is 208 Å². The molecule has 2 heterocycles. The van der Waals surface area contributed by atoms with Crippen LogP contribution in [0.1, 0.15) is 30.5 Å². The van der Waals surface area contributed by atoms with Gasteiger partial charge >= 0.3 is 0 Å². The lowest BCUT2D eigenvalue weighted by Crippen LogP contribution is -2.06. The lowest BCUT2D eigenvalue weighted by molar-refractivity contribution is 0.723. The first kappa shape index (κ1) is 31.4. The molecule has 2 aromatic heterocycles. The number of aromatic nitrogens is 2. The number of hydrogen-bond donors (Lipinski definition) is 0. The molecule has 0 aliphatic heterocycles. The van der Waals surface area contributed by atoms with Crippen LogP contribution in [0.3, 0.4) is 0 Å². The van der Waals surface area contributed by atoms with Gasteiger partial charge in [-0.05, 0) is 105 Å². The van der Waals surface area contributed by atoms with Gasteiger partial charge in [0.25, 0.3) is 0 Å². The third-order valence-electron chi connectivity index (χ3n) is 11.6. The van der Waals surface area contributed by atoms with E-state index in [0.29, 0.717) is 5.92 Å². The molecular weight excluding hydrogens is 720 g/mol. The highest BCUT2D eigenvalue weighted by molar-refractivity contribution is 9.10. The van der Waals surface area contributed by atoms with Gasteiger partial charge in [0.1, 0.15) is 0 Å². The van der Waals surface area contributed by atoms with E-state index >= 15 is 0 Å². The number of allylic oxidation sites excluding steroid dienone is 1. The van der Waals surface area contributed by atoms with Crippen molar-refractivity contribution in [2.75, 3.05) is 0 Å². The Hall–Kier alpha value is -6.16. The molecule has 0 spiro atoms. The third-order valence-corrected chi connectivity index (χ3v) is 12.1. The van der Waals surface area contributed by atoms with Crippen LogP contribution in [0, 0.1) is 0 Å². The summed E-state index contributed by atoms with van der Waals surface area (Å²) < 4.78 is 5.95. The van der Waals surface area contributed by atoms with Crippen molar-refractivity contribution in [3.05, 3.63) is 186 Å². The summed E-state index contributed by atoms with van der Waals surface area (Å²) in [6.45, 7) is 2.35. The summed E-state index contributed by atoms with van der Waals surface area (Å²) in [6.07, 6.45) is 5.70. The quantitative estimate of drug-likeness (QED) is 0.158. The number of fused-ring (bicyclic) bond motifs is 8. The molecule has 0 fully saturated rings. The fourth-order valence-electron chi connectivity index (χ4n) is 9.25. The molecule has 0 saturated carbocycles. The molecule has 10 aromatic rings. The molecule has 0 amide bonds. The van der Waals surface area contributed by atoms with Crippen molar-refractivity contribution in [1.29, 1.82) is 0 Å². The van der Waals surface area contributed by atoms with E-state index in [4.69, 9.17) is 0 Å². The number of nitrogens with zero attached hydrogens (tertiary/aromatic N) is 2. The van der Waals surface area contributed by atoms with Crippen molar-refractivity contribution in [3.8, 4) is 33.6 Å². The first-order chi connectivity index (χ1) is 26.6. The summed E-state index contributed by atoms with van der Waals surface area (Å²) in [6, 6.07) is 60.3. The molecule has 0 radical (unpaired) electrons. The Morgan fingerprint density at radius 3 is 1.52 bits per heavy atom. The van der Waals surface area contributed by atoms with Gasteiger partial charge in [0.05, 0.1) is 16.6 Å². The summed E-state index contributed by atoms with van der Waals surface area (Å²) in [5.74, 6) is 0.450. The summed E-state index contributed by atoms with van der Waals surface area (Å²) in [4.78, 5) is 0. The minimum Gasteiger partial charge on any atom is -0.313 e. The van der Waals surface area contributed by atoms with Crippen LogP contribution in [0.5, 0.6) is 0 Å². The van der Waals surface area contributed by atoms with Crippen molar-refractivity contribution in [1.82, 2.24) is 9.13 Å². The Kier molecular flexibility index (Phi) is 7.09. The first-order valence-corrected chi connectivity index (χ1v) is 19.6. The van der Waals surface area contributed by atoms with Crippen LogP contribution in [0.4, 0.5) is 0 Å². The molecule has 3 heteroatoms. The molecule has 0 saturated heterocycles. The summed E-state index contributed by atoms with van der Waals surface area (Å²) in [5.41, 5.74) is 13.8. The molecule has 256 valence electrons. The molecule has 11 rings (SSSR count). The van der Waals surface area contributed by atoms with E-state index in [-0.39, 0.29) is 0 Å². The molecule has 0 bridgehead atoms. The summed E-state index contributed by atoms with van der Waals surface area (Å²) >= 11 is 3.84. The molecule has 2 nitrogen and oxygen atoms in total. The topological polar surface area (TPSA) is 9.86 Å². The van der Waals surface area contributed by atoms with Crippen molar-refractivity contribution >= 4 is 76.3 Å². The molecule has 1 unspecified atom stereocenters. The largest absolute Gasteiger partial charge is 0.313 e. The monoisotopic (exact) mass is 754 g/mol. The van der Waals surface area contributed by atoms with Crippen LogP contribution in [0.25, 0.3) is 94.0 Å². The van der Waals surface area contributed by atoms with Crippen LogP contribution in [0.2, 0.25) is 0 Å². The van der Waals surface area contributed by atoms with Gasteiger partial charge in [-0.3, -0.25) is 0 Å². The van der Waals surface area contributed by atoms with E-state index < -0.39 is 0 Å². The second-order valence-electron chi connectivity index (χ2n) is 14.6. The Bertz CT molecular complexity index is 3090. The normalized spacial score (nSPS) is 14.1. The van der Waals surface area contributed by atoms with Crippen molar-refractivity contribution in [2.45, 2.75) is 19.3 Å². The highest BCUT2D eigenvalue weighted by Gasteiger charge is 2.24. The van der Waals surface area contributed by atoms with Crippen LogP contribution >= 0.6 is 15.9 Å². The van der Waals surface area contributed by atoms with Crippen molar-refractivity contribution in [2.24, 2.45) is 0 Å². The number of rotatable bonds is 4. The zero-order valence-corrected chi connectivity index (χ0v) is 31.4. The zero-order chi connectivity index (χ0) is 35.9. The molecule has 8 aromatic carbocycles. The van der Waals surface area contributed by atoms with E-state index in [0.717, 1.165) is 16.6 Å². The number of halogens is 1. The number of hydrogen-bond acceptors (Lipinski definition) is 0. The third kappa shape index (κ3) is 4.65. The van der Waals surface area contributed by atoms with Gasteiger partial charge in [0.2, 0.25) is 0 Å². The van der Waals surface area contributed by atoms with E-state index in [9.17, 15) is 0 Å². The van der Waals surface area contributed by atoms with Gasteiger partial charge < -0.3 is 9.13 Å². The Labute approximate surface area is 322 Å². The van der Waals surface area contributed by atoms with E-state index in [1.54, 1.807) is 0 Å². The summed E-state index contributed by atoms with van der Waals surface area (Å²) in [7, 11) is 0. The Morgan fingerprint density at radius 1 is 0.463 bits per heavy atom. The fraction of sp³-hybridized carbons (Fsp3) is 0.0588. The van der Waals surface area contributed by atoms with Crippen LogP contribution < -0.4 is 0 Å². The lowest BCUT2D eigenvalue weighted by Gasteiger charge is -2.20. The van der Waals surface area contributed by atoms with Gasteiger partial charge in [-0.25, -0.2) is 0 Å². The SMILES string of the molecule is CC1CC=Cc2c1n(-c1ccc(-c3c4ccccc4c(-c4ccc(-n5c6ccccc6c6ccccc65)cc4)c4ccc(Br)cc34)cc1)c1ccccc21. The second kappa shape index (κ2) is 12.2. The maximum Gasteiger partial charge on any atom is 0.0541 e. The maximum atomic E-state index is 3.84. The standard InChI is InChI=1S/C51H35BrN2/c1-32-11-10-17-44-40-14-6-9-20-48(40)54(51(32)44)37-28-23-34(24-29-37)50-42-16-3-2-15-41(42)49(43-30-25-35(52)31-45(43)50)33-21-26-36(27-22-33)53-46-18-7-4-12-38(46)39-13-5-8-19-47(39)53/h2-10,12-32H,11H2,1H3. The van der Waals surface area contributed by atoms with Gasteiger partial charge in [0.15, 0.2) is 0 Å². The highest BCUT2D eigenvalue weighted by Crippen LogP contribution is 2.46. The zero-order valence-electron chi connectivity index (χ0n) is 29.8. The van der Waals surface area contributed by atoms with Gasteiger partial charge in [0, 0.05) is 49.2 Å². The van der Waals surface area contributed by atoms with E-state index in [1.165, 1.54) is 93.5 Å². The second-order valence-corrected chi connectivity index (χ2v) is 15.6. The molecule has 1 aliphatic carbocycles. The average molecular weight is 756 g/mol. The van der Waals surface area contributed by atoms with Gasteiger partial charge in [-0.15, -0.1) is 0 Å². The molecule has 1 atom stereocenters. The van der Waals surface area contributed by atoms with Crippen molar-refractivity contribution < 1.29 is 0 Å². The minimum atomic E-state index is 0.450. The predicted molar refractivity (Wildman–Crippen MR) is 233 cm³/mol. The van der Waals surface area contributed by atoms with Gasteiger partial charge in [-0.1, -0.05) is 144 Å². The first-order valence-electron chi connectivity index (χ1n) is 18.8. The number of benzene rings is 8. The minimum absolute atomic E-state index is 0.450. The molecule has 0 N–H and O–H groups in total. The Morgan fingerprint density at radius 2 is 0.926 bits per heavy atom. The summed E-state index contributed by atoms with van der Waals surface area (Å²) in [5, 5.41) is 8.85. The van der Waals surface area contributed by atoms with Crippen LogP contribution in [-0.4, -0.2) is 9.13 Å². The van der Waals surface area contributed by atoms with Crippen LogP contribution in [0.15, 0.2) is 174 Å².